The van der Waals surface area contributed by atoms with Crippen LogP contribution < -0.4 is 11.1 Å². The summed E-state index contributed by atoms with van der Waals surface area (Å²) in [6.07, 6.45) is 1.10. The van der Waals surface area contributed by atoms with E-state index in [1.165, 1.54) is 0 Å². The molecule has 7 heteroatoms. The summed E-state index contributed by atoms with van der Waals surface area (Å²) in [5, 5.41) is 19.1. The van der Waals surface area contributed by atoms with Gasteiger partial charge < -0.3 is 16.2 Å². The topological polar surface area (TPSA) is 114 Å². The number of anilines is 1. The highest BCUT2D eigenvalue weighted by atomic mass is 16.6. The molecular weight excluding hydrogens is 212 g/mol. The van der Waals surface area contributed by atoms with Gasteiger partial charge in [0, 0.05) is 6.54 Å². The quantitative estimate of drug-likeness (QED) is 0.650. The smallest absolute Gasteiger partial charge is 0.277 e. The Balaban J connectivity index is 2.57. The number of hydrogen-bond donors (Lipinski definition) is 3. The van der Waals surface area contributed by atoms with Gasteiger partial charge in [-0.1, -0.05) is 13.8 Å². The monoisotopic (exact) mass is 228 g/mol. The number of aromatic nitrogens is 2. The van der Waals surface area contributed by atoms with Crippen molar-refractivity contribution in [2.24, 2.45) is 0 Å². The third kappa shape index (κ3) is 2.69. The Morgan fingerprint density at radius 2 is 2.12 bits per heavy atom. The van der Waals surface area contributed by atoms with E-state index in [0.717, 1.165) is 0 Å². The molecule has 16 heavy (non-hydrogen) atoms. The molecule has 0 aliphatic rings. The number of nitrogens with zero attached hydrogens (tertiary/aromatic N) is 2. The first-order valence-corrected chi connectivity index (χ1v) is 5.11. The SMILES string of the molecule is CCC(O)(CC)CNC(=O)c1nonc1N. The first-order chi connectivity index (χ1) is 7.52. The van der Waals surface area contributed by atoms with Crippen LogP contribution in [-0.2, 0) is 0 Å². The van der Waals surface area contributed by atoms with Gasteiger partial charge in [-0.25, -0.2) is 4.63 Å². The van der Waals surface area contributed by atoms with Crippen molar-refractivity contribution >= 4 is 11.7 Å². The van der Waals surface area contributed by atoms with E-state index in [2.05, 4.69) is 20.3 Å². The van der Waals surface area contributed by atoms with E-state index in [9.17, 15) is 9.90 Å². The van der Waals surface area contributed by atoms with Crippen molar-refractivity contribution in [3.8, 4) is 0 Å². The van der Waals surface area contributed by atoms with Crippen LogP contribution >= 0.6 is 0 Å². The normalized spacial score (nSPS) is 11.4. The number of nitrogen functional groups attached to an aromatic ring is 1. The Kier molecular flexibility index (Phi) is 3.83. The number of amides is 1. The zero-order chi connectivity index (χ0) is 12.2. The van der Waals surface area contributed by atoms with Crippen LogP contribution in [0.4, 0.5) is 5.82 Å². The van der Waals surface area contributed by atoms with Gasteiger partial charge in [0.15, 0.2) is 0 Å². The van der Waals surface area contributed by atoms with Gasteiger partial charge in [0.2, 0.25) is 11.5 Å². The average molecular weight is 228 g/mol. The zero-order valence-electron chi connectivity index (χ0n) is 9.36. The minimum atomic E-state index is -0.901. The summed E-state index contributed by atoms with van der Waals surface area (Å²) < 4.78 is 4.30. The molecule has 0 unspecified atom stereocenters. The predicted octanol–water partition coefficient (Wildman–Crippen LogP) is -0.0673. The third-order valence-corrected chi connectivity index (χ3v) is 2.62. The first kappa shape index (κ1) is 12.4. The average Bonchev–Trinajstić information content (AvgIpc) is 2.72. The van der Waals surface area contributed by atoms with Gasteiger partial charge in [-0.2, -0.15) is 0 Å². The second kappa shape index (κ2) is 4.93. The van der Waals surface area contributed by atoms with Crippen LogP contribution in [0.1, 0.15) is 37.2 Å². The standard InChI is InChI=1S/C9H16N4O3/c1-3-9(15,4-2)5-11-8(14)6-7(10)13-16-12-6/h15H,3-5H2,1-2H3,(H2,10,13)(H,11,14). The molecule has 0 aromatic carbocycles. The fourth-order valence-electron chi connectivity index (χ4n) is 1.18. The van der Waals surface area contributed by atoms with Crippen molar-refractivity contribution in [2.45, 2.75) is 32.3 Å². The minimum absolute atomic E-state index is 0.0606. The van der Waals surface area contributed by atoms with E-state index in [1.807, 2.05) is 13.8 Å². The lowest BCUT2D eigenvalue weighted by Gasteiger charge is -2.24. The zero-order valence-corrected chi connectivity index (χ0v) is 9.36. The maximum atomic E-state index is 11.5. The van der Waals surface area contributed by atoms with Crippen LogP contribution in [0.3, 0.4) is 0 Å². The Hall–Kier alpha value is -1.63. The Bertz CT molecular complexity index is 359. The molecule has 0 atom stereocenters. The molecule has 1 heterocycles. The number of nitrogens with two attached hydrogens (primary N) is 1. The van der Waals surface area contributed by atoms with E-state index in [1.54, 1.807) is 0 Å². The Morgan fingerprint density at radius 1 is 1.50 bits per heavy atom. The molecular formula is C9H16N4O3. The highest BCUT2D eigenvalue weighted by Crippen LogP contribution is 2.13. The second-order valence-electron chi connectivity index (χ2n) is 3.61. The lowest BCUT2D eigenvalue weighted by molar-refractivity contribution is 0.0312. The molecule has 1 rings (SSSR count). The summed E-state index contributed by atoms with van der Waals surface area (Å²) in [7, 11) is 0. The van der Waals surface area contributed by atoms with E-state index in [4.69, 9.17) is 5.73 Å². The highest BCUT2D eigenvalue weighted by molar-refractivity contribution is 5.95. The number of rotatable bonds is 5. The van der Waals surface area contributed by atoms with Crippen LogP contribution in [0.15, 0.2) is 4.63 Å². The molecule has 90 valence electrons. The molecule has 1 aromatic heterocycles. The summed E-state index contributed by atoms with van der Waals surface area (Å²) >= 11 is 0. The van der Waals surface area contributed by atoms with E-state index in [0.29, 0.717) is 12.8 Å². The number of carbonyl (C=O) groups excluding carboxylic acids is 1. The second-order valence-corrected chi connectivity index (χ2v) is 3.61. The molecule has 7 nitrogen and oxygen atoms in total. The van der Waals surface area contributed by atoms with Gasteiger partial charge >= 0.3 is 0 Å². The molecule has 1 amide bonds. The number of nitrogens with one attached hydrogen (secondary N) is 1. The highest BCUT2D eigenvalue weighted by Gasteiger charge is 2.24. The molecule has 0 aliphatic heterocycles. The van der Waals surface area contributed by atoms with Gasteiger partial charge in [0.1, 0.15) is 0 Å². The third-order valence-electron chi connectivity index (χ3n) is 2.62. The molecule has 4 N–H and O–H groups in total. The molecule has 0 saturated carbocycles. The van der Waals surface area contributed by atoms with Crippen LogP contribution in [0, 0.1) is 0 Å². The maximum absolute atomic E-state index is 11.5. The molecule has 0 bridgehead atoms. The van der Waals surface area contributed by atoms with Crippen LogP contribution in [0.2, 0.25) is 0 Å². The summed E-state index contributed by atoms with van der Waals surface area (Å²) in [5.41, 5.74) is 4.39. The number of carbonyl (C=O) groups is 1. The van der Waals surface area contributed by atoms with Crippen molar-refractivity contribution in [2.75, 3.05) is 12.3 Å². The fraction of sp³-hybridized carbons (Fsp3) is 0.667. The van der Waals surface area contributed by atoms with E-state index >= 15 is 0 Å². The van der Waals surface area contributed by atoms with Gasteiger partial charge in [-0.05, 0) is 23.2 Å². The summed E-state index contributed by atoms with van der Waals surface area (Å²) in [5.74, 6) is -0.562. The Morgan fingerprint density at radius 3 is 2.56 bits per heavy atom. The van der Waals surface area contributed by atoms with Crippen molar-refractivity contribution in [1.82, 2.24) is 15.6 Å². The van der Waals surface area contributed by atoms with Gasteiger partial charge in [-0.3, -0.25) is 4.79 Å². The molecule has 0 radical (unpaired) electrons. The van der Waals surface area contributed by atoms with Gasteiger partial charge in [-0.15, -0.1) is 0 Å². The summed E-state index contributed by atoms with van der Waals surface area (Å²) in [4.78, 5) is 11.5. The van der Waals surface area contributed by atoms with Crippen molar-refractivity contribution in [3.05, 3.63) is 5.69 Å². The molecule has 1 aromatic rings. The molecule has 0 fully saturated rings. The molecule has 0 aliphatic carbocycles. The predicted molar refractivity (Wildman–Crippen MR) is 56.6 cm³/mol. The van der Waals surface area contributed by atoms with E-state index in [-0.39, 0.29) is 18.1 Å². The number of aliphatic hydroxyl groups is 1. The van der Waals surface area contributed by atoms with Gasteiger partial charge in [0.25, 0.3) is 5.91 Å². The minimum Gasteiger partial charge on any atom is -0.388 e. The van der Waals surface area contributed by atoms with Crippen molar-refractivity contribution in [1.29, 1.82) is 0 Å². The lowest BCUT2D eigenvalue weighted by atomic mass is 9.97. The largest absolute Gasteiger partial charge is 0.388 e. The van der Waals surface area contributed by atoms with E-state index < -0.39 is 11.5 Å². The van der Waals surface area contributed by atoms with Crippen molar-refractivity contribution < 1.29 is 14.5 Å². The maximum Gasteiger partial charge on any atom is 0.277 e. The van der Waals surface area contributed by atoms with Crippen LogP contribution in [0.5, 0.6) is 0 Å². The van der Waals surface area contributed by atoms with Gasteiger partial charge in [0.05, 0.1) is 5.60 Å². The van der Waals surface area contributed by atoms with Crippen LogP contribution in [-0.4, -0.2) is 33.5 Å². The summed E-state index contributed by atoms with van der Waals surface area (Å²) in [6.45, 7) is 3.84. The molecule has 0 spiro atoms. The first-order valence-electron chi connectivity index (χ1n) is 5.11. The molecule has 0 saturated heterocycles. The Labute approximate surface area is 93.0 Å². The fourth-order valence-corrected chi connectivity index (χ4v) is 1.18. The van der Waals surface area contributed by atoms with Crippen molar-refractivity contribution in [3.63, 3.8) is 0 Å². The number of hydrogen-bond acceptors (Lipinski definition) is 6. The van der Waals surface area contributed by atoms with Crippen LogP contribution in [0.25, 0.3) is 0 Å². The lowest BCUT2D eigenvalue weighted by Crippen LogP contribution is -2.42. The summed E-state index contributed by atoms with van der Waals surface area (Å²) in [6, 6.07) is 0.